The highest BCUT2D eigenvalue weighted by Crippen LogP contribution is 2.20. The summed E-state index contributed by atoms with van der Waals surface area (Å²) in [6, 6.07) is 0. The molecule has 1 saturated heterocycles. The van der Waals surface area contributed by atoms with Gasteiger partial charge in [-0.25, -0.2) is 4.98 Å². The maximum atomic E-state index is 4.49. The van der Waals surface area contributed by atoms with E-state index in [9.17, 15) is 0 Å². The van der Waals surface area contributed by atoms with E-state index >= 15 is 0 Å². The SMILES string of the molecule is CCc1cnc(CCNC(=NC)N2CCC(Cc3cnn(C)c3)C2)s1.I. The zero-order valence-electron chi connectivity index (χ0n) is 15.8. The first-order chi connectivity index (χ1) is 12.2. The first-order valence-electron chi connectivity index (χ1n) is 9.04. The number of guanidine groups is 1. The van der Waals surface area contributed by atoms with Crippen LogP contribution in [0.4, 0.5) is 0 Å². The van der Waals surface area contributed by atoms with Crippen LogP contribution in [0.25, 0.3) is 0 Å². The predicted molar refractivity (Wildman–Crippen MR) is 119 cm³/mol. The lowest BCUT2D eigenvalue weighted by Gasteiger charge is -2.21. The summed E-state index contributed by atoms with van der Waals surface area (Å²) in [7, 11) is 3.84. The molecule has 1 aliphatic heterocycles. The number of aliphatic imine (C=N–C) groups is 1. The van der Waals surface area contributed by atoms with Crippen molar-refractivity contribution < 1.29 is 0 Å². The molecule has 144 valence electrons. The molecule has 0 bridgehead atoms. The Morgan fingerprint density at radius 1 is 1.42 bits per heavy atom. The molecule has 1 atom stereocenters. The molecular weight excluding hydrogens is 459 g/mol. The molecule has 1 N–H and O–H groups in total. The fourth-order valence-electron chi connectivity index (χ4n) is 3.34. The van der Waals surface area contributed by atoms with Crippen LogP contribution in [0, 0.1) is 5.92 Å². The van der Waals surface area contributed by atoms with E-state index in [-0.39, 0.29) is 24.0 Å². The average molecular weight is 488 g/mol. The summed E-state index contributed by atoms with van der Waals surface area (Å²) in [5, 5.41) is 8.97. The molecular formula is C18H29IN6S. The fourth-order valence-corrected chi connectivity index (χ4v) is 4.20. The summed E-state index contributed by atoms with van der Waals surface area (Å²) in [6.07, 6.45) is 10.4. The van der Waals surface area contributed by atoms with Gasteiger partial charge in [-0.05, 0) is 30.7 Å². The molecule has 0 radical (unpaired) electrons. The highest BCUT2D eigenvalue weighted by atomic mass is 127. The zero-order valence-corrected chi connectivity index (χ0v) is 19.0. The number of halogens is 1. The highest BCUT2D eigenvalue weighted by molar-refractivity contribution is 14.0. The third-order valence-electron chi connectivity index (χ3n) is 4.65. The molecule has 0 aliphatic carbocycles. The van der Waals surface area contributed by atoms with Crippen LogP contribution in [0.1, 0.15) is 28.8 Å². The Morgan fingerprint density at radius 3 is 2.92 bits per heavy atom. The maximum absolute atomic E-state index is 4.49. The van der Waals surface area contributed by atoms with Gasteiger partial charge in [-0.2, -0.15) is 5.10 Å². The smallest absolute Gasteiger partial charge is 0.193 e. The van der Waals surface area contributed by atoms with Crippen LogP contribution in [0.5, 0.6) is 0 Å². The number of nitrogens with one attached hydrogen (secondary N) is 1. The molecule has 3 rings (SSSR count). The first-order valence-corrected chi connectivity index (χ1v) is 9.86. The van der Waals surface area contributed by atoms with Crippen molar-refractivity contribution in [3.63, 3.8) is 0 Å². The van der Waals surface area contributed by atoms with Gasteiger partial charge in [0.25, 0.3) is 0 Å². The third-order valence-corrected chi connectivity index (χ3v) is 5.85. The molecule has 26 heavy (non-hydrogen) atoms. The molecule has 1 aliphatic rings. The molecule has 2 aromatic rings. The van der Waals surface area contributed by atoms with Gasteiger partial charge in [0.15, 0.2) is 5.96 Å². The number of aryl methyl sites for hydroxylation is 2. The summed E-state index contributed by atoms with van der Waals surface area (Å²) in [6.45, 7) is 5.19. The minimum Gasteiger partial charge on any atom is -0.356 e. The van der Waals surface area contributed by atoms with Gasteiger partial charge in [0.2, 0.25) is 0 Å². The van der Waals surface area contributed by atoms with Gasteiger partial charge in [0.1, 0.15) is 0 Å². The lowest BCUT2D eigenvalue weighted by Crippen LogP contribution is -2.41. The summed E-state index contributed by atoms with van der Waals surface area (Å²) < 4.78 is 1.88. The number of hydrogen-bond donors (Lipinski definition) is 1. The first kappa shape index (κ1) is 21.1. The summed E-state index contributed by atoms with van der Waals surface area (Å²) in [5.74, 6) is 1.69. The summed E-state index contributed by atoms with van der Waals surface area (Å²) in [4.78, 5) is 12.7. The fraction of sp³-hybridized carbons (Fsp3) is 0.611. The number of rotatable bonds is 6. The van der Waals surface area contributed by atoms with Gasteiger partial charge in [0, 0.05) is 57.4 Å². The molecule has 8 heteroatoms. The van der Waals surface area contributed by atoms with Crippen molar-refractivity contribution in [2.24, 2.45) is 18.0 Å². The quantitative estimate of drug-likeness (QED) is 0.386. The minimum absolute atomic E-state index is 0. The van der Waals surface area contributed by atoms with E-state index in [4.69, 9.17) is 0 Å². The Balaban J connectivity index is 0.00000243. The van der Waals surface area contributed by atoms with Crippen LogP contribution in [0.2, 0.25) is 0 Å². The number of aromatic nitrogens is 3. The predicted octanol–water partition coefficient (Wildman–Crippen LogP) is 2.74. The third kappa shape index (κ3) is 5.67. The molecule has 3 heterocycles. The number of nitrogens with zero attached hydrogens (tertiary/aromatic N) is 5. The average Bonchev–Trinajstić information content (AvgIpc) is 3.34. The lowest BCUT2D eigenvalue weighted by molar-refractivity contribution is 0.460. The normalized spacial score (nSPS) is 17.4. The molecule has 0 aromatic carbocycles. The van der Waals surface area contributed by atoms with E-state index in [1.165, 1.54) is 21.9 Å². The van der Waals surface area contributed by atoms with Crippen molar-refractivity contribution in [1.82, 2.24) is 25.0 Å². The second kappa shape index (κ2) is 10.2. The van der Waals surface area contributed by atoms with Gasteiger partial charge >= 0.3 is 0 Å². The standard InChI is InChI=1S/C18H28N6S.HI/c1-4-16-11-21-17(25-16)5-7-20-18(19-2)24-8-6-14(13-24)9-15-10-22-23(3)12-15;/h10-12,14H,4-9,13H2,1-3H3,(H,19,20);1H. The van der Waals surface area contributed by atoms with Crippen molar-refractivity contribution in [2.45, 2.75) is 32.6 Å². The van der Waals surface area contributed by atoms with Crippen molar-refractivity contribution in [2.75, 3.05) is 26.7 Å². The Labute approximate surface area is 177 Å². The summed E-state index contributed by atoms with van der Waals surface area (Å²) >= 11 is 1.82. The van der Waals surface area contributed by atoms with Crippen molar-refractivity contribution in [1.29, 1.82) is 0 Å². The Hall–Kier alpha value is -1.16. The molecule has 2 aromatic heterocycles. The molecule has 0 saturated carbocycles. The van der Waals surface area contributed by atoms with Gasteiger partial charge in [0.05, 0.1) is 11.2 Å². The maximum Gasteiger partial charge on any atom is 0.193 e. The molecule has 6 nitrogen and oxygen atoms in total. The largest absolute Gasteiger partial charge is 0.356 e. The van der Waals surface area contributed by atoms with Crippen LogP contribution >= 0.6 is 35.3 Å². The van der Waals surface area contributed by atoms with Crippen LogP contribution in [0.3, 0.4) is 0 Å². The van der Waals surface area contributed by atoms with Crippen molar-refractivity contribution in [3.05, 3.63) is 34.0 Å². The van der Waals surface area contributed by atoms with E-state index in [2.05, 4.69) is 38.4 Å². The number of likely N-dealkylation sites (tertiary alicyclic amines) is 1. The van der Waals surface area contributed by atoms with Crippen LogP contribution in [-0.2, 0) is 26.3 Å². The number of thiazole rings is 1. The molecule has 0 amide bonds. The summed E-state index contributed by atoms with van der Waals surface area (Å²) in [5.41, 5.74) is 1.33. The van der Waals surface area contributed by atoms with Gasteiger partial charge in [-0.1, -0.05) is 6.92 Å². The zero-order chi connectivity index (χ0) is 17.6. The van der Waals surface area contributed by atoms with Crippen LogP contribution in [0.15, 0.2) is 23.6 Å². The highest BCUT2D eigenvalue weighted by Gasteiger charge is 2.25. The molecule has 1 unspecified atom stereocenters. The Bertz CT molecular complexity index is 710. The monoisotopic (exact) mass is 488 g/mol. The second-order valence-electron chi connectivity index (χ2n) is 6.62. The van der Waals surface area contributed by atoms with Gasteiger partial charge < -0.3 is 10.2 Å². The van der Waals surface area contributed by atoms with Gasteiger partial charge in [-0.15, -0.1) is 35.3 Å². The molecule has 1 fully saturated rings. The van der Waals surface area contributed by atoms with E-state index in [1.54, 1.807) is 0 Å². The lowest BCUT2D eigenvalue weighted by atomic mass is 10.0. The number of hydrogen-bond acceptors (Lipinski definition) is 4. The van der Waals surface area contributed by atoms with Crippen molar-refractivity contribution in [3.8, 4) is 0 Å². The Morgan fingerprint density at radius 2 is 2.27 bits per heavy atom. The molecule has 0 spiro atoms. The van der Waals surface area contributed by atoms with E-state index in [0.29, 0.717) is 5.92 Å². The van der Waals surface area contributed by atoms with Crippen LogP contribution < -0.4 is 5.32 Å². The van der Waals surface area contributed by atoms with Crippen LogP contribution in [-0.4, -0.2) is 52.3 Å². The van der Waals surface area contributed by atoms with Gasteiger partial charge in [-0.3, -0.25) is 9.67 Å². The topological polar surface area (TPSA) is 58.3 Å². The minimum atomic E-state index is 0. The Kier molecular flexibility index (Phi) is 8.33. The van der Waals surface area contributed by atoms with E-state index < -0.39 is 0 Å². The second-order valence-corrected chi connectivity index (χ2v) is 7.82. The van der Waals surface area contributed by atoms with Crippen molar-refractivity contribution >= 4 is 41.3 Å². The van der Waals surface area contributed by atoms with E-state index in [0.717, 1.165) is 44.9 Å². The van der Waals surface area contributed by atoms with E-state index in [1.807, 2.05) is 42.5 Å².